The average Bonchev–Trinajstić information content (AvgIpc) is 3.27. The molecule has 3 aromatic rings. The van der Waals surface area contributed by atoms with Gasteiger partial charge in [0.2, 0.25) is 5.82 Å². The average molecular weight is 421 g/mol. The molecule has 0 radical (unpaired) electrons. The minimum atomic E-state index is -0.430. The highest BCUT2D eigenvalue weighted by atomic mass is 16.5. The van der Waals surface area contributed by atoms with E-state index in [1.807, 2.05) is 20.8 Å². The summed E-state index contributed by atoms with van der Waals surface area (Å²) in [6.07, 6.45) is 0. The molecule has 0 saturated carbocycles. The molecule has 0 unspecified atom stereocenters. The largest absolute Gasteiger partial charge is 0.462 e. The number of ether oxygens (including phenoxy) is 1. The maximum absolute atomic E-state index is 12.8. The number of esters is 1. The molecule has 160 valence electrons. The standard InChI is InChI=1S/C21H23N7O3/c1-6-31-20(30)13-7-9-14(10-8-13)28-19(29)16(12(2)27-28)23-25-18-15(11-22)17(24-26-18)21(3,4)5/h7-10,27H,6H2,1-5H3,(H,24,26). The van der Waals surface area contributed by atoms with E-state index in [-0.39, 0.29) is 23.5 Å². The van der Waals surface area contributed by atoms with Crippen molar-refractivity contribution in [3.63, 3.8) is 0 Å². The maximum atomic E-state index is 12.8. The summed E-state index contributed by atoms with van der Waals surface area (Å²) in [7, 11) is 0. The number of nitriles is 1. The molecule has 0 aliphatic heterocycles. The van der Waals surface area contributed by atoms with Crippen LogP contribution >= 0.6 is 0 Å². The van der Waals surface area contributed by atoms with Gasteiger partial charge in [-0.25, -0.2) is 9.48 Å². The molecule has 0 fully saturated rings. The van der Waals surface area contributed by atoms with Gasteiger partial charge >= 0.3 is 5.97 Å². The molecule has 0 amide bonds. The molecule has 0 saturated heterocycles. The van der Waals surface area contributed by atoms with Crippen LogP contribution in [0, 0.1) is 18.3 Å². The molecule has 10 heteroatoms. The van der Waals surface area contributed by atoms with Crippen molar-refractivity contribution in [3.8, 4) is 11.8 Å². The van der Waals surface area contributed by atoms with Crippen LogP contribution in [0.1, 0.15) is 55.0 Å². The van der Waals surface area contributed by atoms with Crippen LogP contribution in [0.3, 0.4) is 0 Å². The number of nitrogens with one attached hydrogen (secondary N) is 2. The first-order valence-corrected chi connectivity index (χ1v) is 9.67. The van der Waals surface area contributed by atoms with Gasteiger partial charge < -0.3 is 4.74 Å². The van der Waals surface area contributed by atoms with Crippen LogP contribution in [0.2, 0.25) is 0 Å². The first-order chi connectivity index (χ1) is 14.7. The quantitative estimate of drug-likeness (QED) is 0.474. The molecular formula is C21H23N7O3. The van der Waals surface area contributed by atoms with Gasteiger partial charge in [0.05, 0.1) is 29.2 Å². The van der Waals surface area contributed by atoms with Crippen LogP contribution in [0.5, 0.6) is 0 Å². The normalized spacial score (nSPS) is 11.6. The second kappa shape index (κ2) is 8.39. The zero-order chi connectivity index (χ0) is 22.8. The summed E-state index contributed by atoms with van der Waals surface area (Å²) >= 11 is 0. The van der Waals surface area contributed by atoms with E-state index in [1.54, 1.807) is 38.1 Å². The van der Waals surface area contributed by atoms with Crippen LogP contribution in [-0.2, 0) is 10.2 Å². The van der Waals surface area contributed by atoms with Gasteiger partial charge in [-0.15, -0.1) is 10.2 Å². The van der Waals surface area contributed by atoms with E-state index in [4.69, 9.17) is 4.74 Å². The fourth-order valence-electron chi connectivity index (χ4n) is 2.95. The van der Waals surface area contributed by atoms with Gasteiger partial charge in [-0.2, -0.15) is 10.4 Å². The lowest BCUT2D eigenvalue weighted by atomic mass is 9.90. The summed E-state index contributed by atoms with van der Waals surface area (Å²) in [6.45, 7) is 9.55. The molecule has 0 spiro atoms. The molecule has 2 aromatic heterocycles. The Hall–Kier alpha value is -4.00. The Balaban J connectivity index is 1.93. The minimum Gasteiger partial charge on any atom is -0.462 e. The highest BCUT2D eigenvalue weighted by Crippen LogP contribution is 2.29. The Bertz CT molecular complexity index is 1230. The van der Waals surface area contributed by atoms with E-state index in [1.165, 1.54) is 4.68 Å². The van der Waals surface area contributed by atoms with Gasteiger partial charge in [-0.3, -0.25) is 15.0 Å². The van der Waals surface area contributed by atoms with Crippen molar-refractivity contribution in [3.05, 3.63) is 57.1 Å². The zero-order valence-corrected chi connectivity index (χ0v) is 18.0. The first kappa shape index (κ1) is 21.7. The van der Waals surface area contributed by atoms with Crippen LogP contribution in [0.25, 0.3) is 5.69 Å². The second-order valence-corrected chi connectivity index (χ2v) is 7.85. The van der Waals surface area contributed by atoms with Gasteiger partial charge in [0.1, 0.15) is 11.6 Å². The van der Waals surface area contributed by atoms with Crippen molar-refractivity contribution in [1.82, 2.24) is 20.0 Å². The smallest absolute Gasteiger partial charge is 0.338 e. The molecule has 3 rings (SSSR count). The third-order valence-electron chi connectivity index (χ3n) is 4.53. The Labute approximate surface area is 178 Å². The lowest BCUT2D eigenvalue weighted by Crippen LogP contribution is -2.14. The lowest BCUT2D eigenvalue weighted by molar-refractivity contribution is 0.0526. The minimum absolute atomic E-state index is 0.0960. The van der Waals surface area contributed by atoms with Crippen LogP contribution < -0.4 is 5.56 Å². The van der Waals surface area contributed by atoms with Crippen molar-refractivity contribution >= 4 is 17.5 Å². The summed E-state index contributed by atoms with van der Waals surface area (Å²) in [5, 5.41) is 27.4. The van der Waals surface area contributed by atoms with Crippen molar-refractivity contribution in [2.24, 2.45) is 10.2 Å². The summed E-state index contributed by atoms with van der Waals surface area (Å²) in [4.78, 5) is 24.6. The van der Waals surface area contributed by atoms with Gasteiger partial charge in [0.15, 0.2) is 5.69 Å². The fourth-order valence-corrected chi connectivity index (χ4v) is 2.95. The van der Waals surface area contributed by atoms with Crippen molar-refractivity contribution in [2.75, 3.05) is 6.61 Å². The SMILES string of the molecule is CCOC(=O)c1ccc(-n2[nH]c(C)c(N=Nc3n[nH]c(C(C)(C)C)c3C#N)c2=O)cc1. The summed E-state index contributed by atoms with van der Waals surface area (Å²) in [6, 6.07) is 8.50. The summed E-state index contributed by atoms with van der Waals surface area (Å²) < 4.78 is 6.26. The number of aromatic amines is 2. The van der Waals surface area contributed by atoms with Gasteiger partial charge in [0, 0.05) is 5.41 Å². The highest BCUT2D eigenvalue weighted by Gasteiger charge is 2.24. The predicted octanol–water partition coefficient (Wildman–Crippen LogP) is 3.96. The first-order valence-electron chi connectivity index (χ1n) is 9.67. The van der Waals surface area contributed by atoms with E-state index >= 15 is 0 Å². The zero-order valence-electron chi connectivity index (χ0n) is 18.0. The highest BCUT2D eigenvalue weighted by molar-refractivity contribution is 5.89. The number of carbonyl (C=O) groups excluding carboxylic acids is 1. The number of rotatable bonds is 5. The monoisotopic (exact) mass is 421 g/mol. The molecular weight excluding hydrogens is 398 g/mol. The van der Waals surface area contributed by atoms with E-state index in [0.717, 1.165) is 0 Å². The molecule has 31 heavy (non-hydrogen) atoms. The molecule has 10 nitrogen and oxygen atoms in total. The van der Waals surface area contributed by atoms with Gasteiger partial charge in [-0.05, 0) is 38.1 Å². The fraction of sp³-hybridized carbons (Fsp3) is 0.333. The Kier molecular flexibility index (Phi) is 5.88. The molecule has 0 bridgehead atoms. The molecule has 1 aromatic carbocycles. The molecule has 2 N–H and O–H groups in total. The van der Waals surface area contributed by atoms with Crippen LogP contribution in [-0.4, -0.2) is 32.6 Å². The van der Waals surface area contributed by atoms with Crippen LogP contribution in [0.15, 0.2) is 39.3 Å². The molecule has 0 aliphatic carbocycles. The Morgan fingerprint density at radius 3 is 2.52 bits per heavy atom. The van der Waals surface area contributed by atoms with E-state index in [9.17, 15) is 14.9 Å². The third kappa shape index (κ3) is 4.30. The Morgan fingerprint density at radius 1 is 1.26 bits per heavy atom. The van der Waals surface area contributed by atoms with Gasteiger partial charge in [-0.1, -0.05) is 20.8 Å². The third-order valence-corrected chi connectivity index (χ3v) is 4.53. The summed E-state index contributed by atoms with van der Waals surface area (Å²) in [5.74, 6) is -0.307. The number of hydrogen-bond acceptors (Lipinski definition) is 7. The van der Waals surface area contributed by atoms with E-state index < -0.39 is 11.5 Å². The number of aryl methyl sites for hydroxylation is 1. The lowest BCUT2D eigenvalue weighted by Gasteiger charge is -2.15. The number of carbonyl (C=O) groups is 1. The van der Waals surface area contributed by atoms with Gasteiger partial charge in [0.25, 0.3) is 5.56 Å². The van der Waals surface area contributed by atoms with Crippen molar-refractivity contribution < 1.29 is 9.53 Å². The van der Waals surface area contributed by atoms with E-state index in [2.05, 4.69) is 31.6 Å². The number of azo groups is 1. The molecule has 2 heterocycles. The Morgan fingerprint density at radius 2 is 1.94 bits per heavy atom. The second-order valence-electron chi connectivity index (χ2n) is 7.85. The summed E-state index contributed by atoms with van der Waals surface area (Å²) in [5.41, 5.74) is 1.70. The van der Waals surface area contributed by atoms with E-state index in [0.29, 0.717) is 28.2 Å². The predicted molar refractivity (Wildman–Crippen MR) is 113 cm³/mol. The van der Waals surface area contributed by atoms with Crippen molar-refractivity contribution in [1.29, 1.82) is 5.26 Å². The number of H-pyrrole nitrogens is 2. The molecule has 0 atom stereocenters. The van der Waals surface area contributed by atoms with Crippen molar-refractivity contribution in [2.45, 2.75) is 40.0 Å². The number of benzene rings is 1. The number of hydrogen-bond donors (Lipinski definition) is 2. The topological polar surface area (TPSA) is 141 Å². The molecule has 0 aliphatic rings. The van der Waals surface area contributed by atoms with Crippen LogP contribution in [0.4, 0.5) is 11.5 Å². The number of nitrogens with zero attached hydrogens (tertiary/aromatic N) is 5. The number of aromatic nitrogens is 4. The maximum Gasteiger partial charge on any atom is 0.338 e.